The molecular weight excluding hydrogens is 572 g/mol. The maximum Gasteiger partial charge on any atom is 0.268 e. The van der Waals surface area contributed by atoms with Gasteiger partial charge >= 0.3 is 0 Å². The lowest BCUT2D eigenvalue weighted by Gasteiger charge is -2.27. The number of aromatic nitrogens is 5. The highest BCUT2D eigenvalue weighted by molar-refractivity contribution is 5.97. The molecule has 0 aliphatic carbocycles. The molecule has 0 fully saturated rings. The molecule has 12 nitrogen and oxygen atoms in total. The van der Waals surface area contributed by atoms with Crippen molar-refractivity contribution in [1.82, 2.24) is 36.2 Å². The summed E-state index contributed by atoms with van der Waals surface area (Å²) in [6.07, 6.45) is 0.279. The molecule has 0 bridgehead atoms. The van der Waals surface area contributed by atoms with E-state index in [0.29, 0.717) is 23.5 Å². The van der Waals surface area contributed by atoms with Gasteiger partial charge in [-0.3, -0.25) is 19.2 Å². The van der Waals surface area contributed by atoms with Gasteiger partial charge in [0.15, 0.2) is 5.43 Å². The lowest BCUT2D eigenvalue weighted by atomic mass is 9.94. The van der Waals surface area contributed by atoms with Gasteiger partial charge in [-0.25, -0.2) is 0 Å². The smallest absolute Gasteiger partial charge is 0.268 e. The lowest BCUT2D eigenvalue weighted by Crippen LogP contribution is -2.42. The van der Waals surface area contributed by atoms with Crippen molar-refractivity contribution >= 4 is 23.4 Å². The minimum Gasteiger partial charge on any atom is -0.347 e. The predicted molar refractivity (Wildman–Crippen MR) is 168 cm³/mol. The maximum absolute atomic E-state index is 13.4. The maximum atomic E-state index is 13.4. The Labute approximate surface area is 258 Å². The average Bonchev–Trinajstić information content (AvgIpc) is 3.57. The zero-order valence-electron chi connectivity index (χ0n) is 24.7. The van der Waals surface area contributed by atoms with Gasteiger partial charge in [-0.1, -0.05) is 72.8 Å². The second-order valence-electron chi connectivity index (χ2n) is 11.0. The number of amides is 3. The van der Waals surface area contributed by atoms with E-state index in [1.54, 1.807) is 24.3 Å². The van der Waals surface area contributed by atoms with Crippen LogP contribution in [0.5, 0.6) is 0 Å². The molecule has 5 rings (SSSR count). The molecule has 5 aromatic rings. The summed E-state index contributed by atoms with van der Waals surface area (Å²) in [5.41, 5.74) is 1.54. The van der Waals surface area contributed by atoms with E-state index in [1.807, 2.05) is 74.5 Å². The Bertz CT molecular complexity index is 1840. The van der Waals surface area contributed by atoms with Gasteiger partial charge in [0.2, 0.25) is 11.7 Å². The number of nitrogens with one attached hydrogen (secondary N) is 5. The third kappa shape index (κ3) is 8.14. The fourth-order valence-corrected chi connectivity index (χ4v) is 4.86. The Kier molecular flexibility index (Phi) is 9.23. The van der Waals surface area contributed by atoms with Gasteiger partial charge in [-0.05, 0) is 48.7 Å². The van der Waals surface area contributed by atoms with Crippen molar-refractivity contribution in [1.29, 1.82) is 0 Å². The Morgan fingerprint density at radius 1 is 0.844 bits per heavy atom. The summed E-state index contributed by atoms with van der Waals surface area (Å²) in [5, 5.41) is 22.5. The first kappa shape index (κ1) is 30.5. The van der Waals surface area contributed by atoms with Crippen LogP contribution in [0.15, 0.2) is 102 Å². The van der Waals surface area contributed by atoms with E-state index in [0.717, 1.165) is 23.3 Å². The van der Waals surface area contributed by atoms with Crippen LogP contribution in [0.2, 0.25) is 0 Å². The zero-order valence-corrected chi connectivity index (χ0v) is 24.7. The largest absolute Gasteiger partial charge is 0.347 e. The van der Waals surface area contributed by atoms with Crippen molar-refractivity contribution in [3.05, 3.63) is 130 Å². The van der Waals surface area contributed by atoms with Crippen molar-refractivity contribution in [3.63, 3.8) is 0 Å². The van der Waals surface area contributed by atoms with Crippen molar-refractivity contribution < 1.29 is 14.4 Å². The summed E-state index contributed by atoms with van der Waals surface area (Å²) in [5.74, 6) is -1.13. The summed E-state index contributed by atoms with van der Waals surface area (Å²) in [4.78, 5) is 55.1. The molecule has 3 amide bonds. The Hall–Kier alpha value is -5.91. The first-order chi connectivity index (χ1) is 21.7. The van der Waals surface area contributed by atoms with Crippen LogP contribution in [0.25, 0.3) is 11.4 Å². The second kappa shape index (κ2) is 13.6. The minimum atomic E-state index is -0.743. The van der Waals surface area contributed by atoms with Crippen molar-refractivity contribution in [3.8, 4) is 11.4 Å². The number of anilines is 1. The number of hydrogen-bond acceptors (Lipinski definition) is 7. The molecule has 2 heterocycles. The van der Waals surface area contributed by atoms with Gasteiger partial charge in [0, 0.05) is 35.8 Å². The molecule has 228 valence electrons. The number of nitrogens with zero attached hydrogens (tertiary/aromatic N) is 3. The quantitative estimate of drug-likeness (QED) is 0.153. The van der Waals surface area contributed by atoms with Crippen LogP contribution in [-0.2, 0) is 16.8 Å². The van der Waals surface area contributed by atoms with Crippen LogP contribution in [0.3, 0.4) is 0 Å². The molecule has 0 saturated heterocycles. The first-order valence-electron chi connectivity index (χ1n) is 14.3. The van der Waals surface area contributed by atoms with E-state index in [-0.39, 0.29) is 23.7 Å². The molecule has 5 N–H and O–H groups in total. The summed E-state index contributed by atoms with van der Waals surface area (Å²) >= 11 is 0. The van der Waals surface area contributed by atoms with E-state index in [1.165, 1.54) is 0 Å². The number of hydrogen-bond donors (Lipinski definition) is 5. The third-order valence-electron chi connectivity index (χ3n) is 7.10. The summed E-state index contributed by atoms with van der Waals surface area (Å²) < 4.78 is 0. The third-order valence-corrected chi connectivity index (χ3v) is 7.10. The van der Waals surface area contributed by atoms with Crippen molar-refractivity contribution in [2.45, 2.75) is 38.3 Å². The van der Waals surface area contributed by atoms with Crippen LogP contribution in [-0.4, -0.2) is 49.4 Å². The number of aromatic amines is 2. The number of carbonyl (C=O) groups is 3. The SMILES string of the molecule is CC(C)(NC(=O)c1cc(=O)cc(C(=O)N[C@H](CC(=O)Nc2cccc(-c3nn[nH]n3)c2)Cc2ccccc2)[nH]1)c1ccccc1. The monoisotopic (exact) mass is 604 g/mol. The van der Waals surface area contributed by atoms with E-state index in [4.69, 9.17) is 0 Å². The number of tetrazole rings is 1. The van der Waals surface area contributed by atoms with Crippen LogP contribution in [0.1, 0.15) is 52.4 Å². The van der Waals surface area contributed by atoms with Gasteiger partial charge < -0.3 is 20.9 Å². The van der Waals surface area contributed by atoms with Gasteiger partial charge in [0.25, 0.3) is 11.8 Å². The minimum absolute atomic E-state index is 0.0597. The Balaban J connectivity index is 1.31. The molecule has 2 aromatic heterocycles. The highest BCUT2D eigenvalue weighted by Crippen LogP contribution is 2.21. The van der Waals surface area contributed by atoms with E-state index in [2.05, 4.69) is 41.6 Å². The summed E-state index contributed by atoms with van der Waals surface area (Å²) in [6, 6.07) is 27.4. The van der Waals surface area contributed by atoms with Gasteiger partial charge in [-0.15, -0.1) is 10.2 Å². The summed E-state index contributed by atoms with van der Waals surface area (Å²) in [6.45, 7) is 3.69. The average molecular weight is 605 g/mol. The van der Waals surface area contributed by atoms with Crippen LogP contribution in [0, 0.1) is 0 Å². The number of pyridine rings is 1. The van der Waals surface area contributed by atoms with Crippen LogP contribution in [0.4, 0.5) is 5.69 Å². The molecule has 1 atom stereocenters. The molecule has 0 aliphatic rings. The number of benzene rings is 3. The first-order valence-corrected chi connectivity index (χ1v) is 14.3. The van der Waals surface area contributed by atoms with Crippen molar-refractivity contribution in [2.24, 2.45) is 0 Å². The normalized spacial score (nSPS) is 11.8. The molecule has 0 aliphatic heterocycles. The molecule has 0 spiro atoms. The van der Waals surface area contributed by atoms with E-state index < -0.39 is 28.8 Å². The molecule has 3 aromatic carbocycles. The fraction of sp³-hybridized carbons (Fsp3) is 0.182. The van der Waals surface area contributed by atoms with E-state index in [9.17, 15) is 19.2 Å². The topological polar surface area (TPSA) is 175 Å². The number of H-pyrrole nitrogens is 2. The van der Waals surface area contributed by atoms with Crippen molar-refractivity contribution in [2.75, 3.05) is 5.32 Å². The standard InChI is InChI=1S/C33H32N8O4/c1-33(2,23-13-7-4-8-14-23)37-32(45)28-20-26(42)19-27(36-28)31(44)35-25(16-21-10-5-3-6-11-21)18-29(43)34-24-15-9-12-22(17-24)30-38-40-41-39-30/h3-15,17,19-20,25H,16,18H2,1-2H3,(H,34,43)(H,35,44)(H,36,42)(H,37,45)(H,38,39,40,41)/t25-/m0/s1. The Morgan fingerprint density at radius 3 is 2.22 bits per heavy atom. The van der Waals surface area contributed by atoms with E-state index >= 15 is 0 Å². The molecule has 0 saturated carbocycles. The van der Waals surface area contributed by atoms with Gasteiger partial charge in [0.05, 0.1) is 5.54 Å². The summed E-state index contributed by atoms with van der Waals surface area (Å²) in [7, 11) is 0. The number of rotatable bonds is 11. The molecule has 0 radical (unpaired) electrons. The van der Waals surface area contributed by atoms with Gasteiger partial charge in [-0.2, -0.15) is 5.21 Å². The molecule has 0 unspecified atom stereocenters. The highest BCUT2D eigenvalue weighted by atomic mass is 16.2. The molecular formula is C33H32N8O4. The van der Waals surface area contributed by atoms with Gasteiger partial charge in [0.1, 0.15) is 11.4 Å². The molecule has 45 heavy (non-hydrogen) atoms. The number of carbonyl (C=O) groups excluding carboxylic acids is 3. The highest BCUT2D eigenvalue weighted by Gasteiger charge is 2.25. The second-order valence-corrected chi connectivity index (χ2v) is 11.0. The molecule has 12 heteroatoms. The Morgan fingerprint density at radius 2 is 1.53 bits per heavy atom. The van der Waals surface area contributed by atoms with Crippen LogP contribution < -0.4 is 21.4 Å². The fourth-order valence-electron chi connectivity index (χ4n) is 4.86. The van der Waals surface area contributed by atoms with Crippen LogP contribution >= 0.6 is 0 Å². The zero-order chi connectivity index (χ0) is 31.8. The predicted octanol–water partition coefficient (Wildman–Crippen LogP) is 3.59. The lowest BCUT2D eigenvalue weighted by molar-refractivity contribution is -0.116.